The maximum atomic E-state index is 12.8. The molecular formula is C61H106O6. The standard InChI is InChI=1S/C61H106O6/c1-4-7-10-13-16-19-22-25-28-29-30-31-34-37-40-43-46-49-52-55-61(64)67-58(56-65-59(62)53-50-47-44-41-38-35-32-26-23-20-17-14-11-8-5-2)57-66-60(63)54-51-48-45-42-39-36-33-27-24-21-18-15-12-9-6-3/h7,10,16,19,25-26,28,30-32,37,40,58H,4-6,8-9,11-15,17-18,20-24,27,29,33-36,38-39,41-57H2,1-3H3/b10-7-,19-16-,28-25-,31-30-,32-26-,40-37-/t58-/m1/s1. The van der Waals surface area contributed by atoms with Crippen LogP contribution in [0.2, 0.25) is 0 Å². The van der Waals surface area contributed by atoms with E-state index in [1.54, 1.807) is 0 Å². The summed E-state index contributed by atoms with van der Waals surface area (Å²) >= 11 is 0. The molecule has 0 aromatic rings. The highest BCUT2D eigenvalue weighted by molar-refractivity contribution is 5.71. The molecule has 0 aliphatic carbocycles. The molecule has 0 bridgehead atoms. The summed E-state index contributed by atoms with van der Waals surface area (Å²) in [6, 6.07) is 0. The minimum absolute atomic E-state index is 0.0892. The zero-order valence-corrected chi connectivity index (χ0v) is 44.2. The van der Waals surface area contributed by atoms with E-state index in [1.165, 1.54) is 135 Å². The Morgan fingerprint density at radius 1 is 0.313 bits per heavy atom. The van der Waals surface area contributed by atoms with Crippen molar-refractivity contribution in [2.75, 3.05) is 13.2 Å². The Hall–Kier alpha value is -3.15. The third-order valence-corrected chi connectivity index (χ3v) is 12.2. The van der Waals surface area contributed by atoms with Crippen LogP contribution >= 0.6 is 0 Å². The maximum absolute atomic E-state index is 12.8. The van der Waals surface area contributed by atoms with Crippen molar-refractivity contribution in [3.05, 3.63) is 72.9 Å². The van der Waals surface area contributed by atoms with Crippen LogP contribution in [0.4, 0.5) is 0 Å². The molecule has 0 amide bonds. The maximum Gasteiger partial charge on any atom is 0.306 e. The average Bonchev–Trinajstić information content (AvgIpc) is 3.33. The third-order valence-electron chi connectivity index (χ3n) is 12.2. The second-order valence-corrected chi connectivity index (χ2v) is 18.8. The van der Waals surface area contributed by atoms with Gasteiger partial charge >= 0.3 is 17.9 Å². The summed E-state index contributed by atoms with van der Waals surface area (Å²) in [5, 5.41) is 0. The number of hydrogen-bond donors (Lipinski definition) is 0. The Kier molecular flexibility index (Phi) is 52.8. The van der Waals surface area contributed by atoms with Crippen LogP contribution in [0.5, 0.6) is 0 Å². The minimum atomic E-state index is -0.795. The van der Waals surface area contributed by atoms with Crippen molar-refractivity contribution >= 4 is 17.9 Å². The van der Waals surface area contributed by atoms with Gasteiger partial charge in [-0.2, -0.15) is 0 Å². The second-order valence-electron chi connectivity index (χ2n) is 18.8. The van der Waals surface area contributed by atoms with Crippen molar-refractivity contribution in [3.8, 4) is 0 Å². The number of rotatable bonds is 51. The smallest absolute Gasteiger partial charge is 0.306 e. The fourth-order valence-corrected chi connectivity index (χ4v) is 7.93. The summed E-state index contributed by atoms with van der Waals surface area (Å²) in [4.78, 5) is 38.1. The van der Waals surface area contributed by atoms with E-state index in [1.807, 2.05) is 0 Å². The number of esters is 3. The molecule has 0 fully saturated rings. The molecule has 0 aromatic heterocycles. The summed E-state index contributed by atoms with van der Waals surface area (Å²) < 4.78 is 16.8. The van der Waals surface area contributed by atoms with Crippen molar-refractivity contribution < 1.29 is 28.6 Å². The van der Waals surface area contributed by atoms with Gasteiger partial charge in [0.1, 0.15) is 13.2 Å². The van der Waals surface area contributed by atoms with Crippen LogP contribution in [0.15, 0.2) is 72.9 Å². The van der Waals surface area contributed by atoms with Crippen LogP contribution in [0, 0.1) is 0 Å². The van der Waals surface area contributed by atoms with Crippen LogP contribution in [-0.4, -0.2) is 37.2 Å². The van der Waals surface area contributed by atoms with Crippen molar-refractivity contribution in [1.29, 1.82) is 0 Å². The van der Waals surface area contributed by atoms with Crippen LogP contribution in [0.25, 0.3) is 0 Å². The molecule has 0 aromatic carbocycles. The van der Waals surface area contributed by atoms with Crippen molar-refractivity contribution in [2.24, 2.45) is 0 Å². The number of allylic oxidation sites excluding steroid dienone is 12. The first kappa shape index (κ1) is 63.8. The van der Waals surface area contributed by atoms with Gasteiger partial charge in [-0.1, -0.05) is 241 Å². The second kappa shape index (κ2) is 55.4. The van der Waals surface area contributed by atoms with Crippen molar-refractivity contribution in [2.45, 2.75) is 284 Å². The normalized spacial score (nSPS) is 12.6. The molecule has 0 radical (unpaired) electrons. The van der Waals surface area contributed by atoms with Gasteiger partial charge in [0.05, 0.1) is 0 Å². The van der Waals surface area contributed by atoms with Gasteiger partial charge in [-0.05, 0) is 89.9 Å². The molecule has 0 saturated carbocycles. The highest BCUT2D eigenvalue weighted by Crippen LogP contribution is 2.15. The molecule has 0 aliphatic heterocycles. The number of ether oxygens (including phenoxy) is 3. The molecular weight excluding hydrogens is 829 g/mol. The minimum Gasteiger partial charge on any atom is -0.462 e. The monoisotopic (exact) mass is 935 g/mol. The topological polar surface area (TPSA) is 78.9 Å². The van der Waals surface area contributed by atoms with Gasteiger partial charge in [-0.3, -0.25) is 14.4 Å². The summed E-state index contributed by atoms with van der Waals surface area (Å²) in [6.45, 7) is 6.51. The Morgan fingerprint density at radius 3 is 0.940 bits per heavy atom. The van der Waals surface area contributed by atoms with E-state index >= 15 is 0 Å². The van der Waals surface area contributed by atoms with Crippen molar-refractivity contribution in [3.63, 3.8) is 0 Å². The van der Waals surface area contributed by atoms with Crippen LogP contribution in [0.1, 0.15) is 278 Å². The Balaban J connectivity index is 4.45. The third kappa shape index (κ3) is 53.7. The van der Waals surface area contributed by atoms with Gasteiger partial charge < -0.3 is 14.2 Å². The van der Waals surface area contributed by atoms with Gasteiger partial charge in [-0.25, -0.2) is 0 Å². The number of carbonyl (C=O) groups excluding carboxylic acids is 3. The quantitative estimate of drug-likeness (QED) is 0.0262. The van der Waals surface area contributed by atoms with E-state index in [0.717, 1.165) is 103 Å². The highest BCUT2D eigenvalue weighted by atomic mass is 16.6. The Morgan fingerprint density at radius 2 is 0.582 bits per heavy atom. The lowest BCUT2D eigenvalue weighted by molar-refractivity contribution is -0.167. The number of hydrogen-bond acceptors (Lipinski definition) is 6. The van der Waals surface area contributed by atoms with Gasteiger partial charge in [0.15, 0.2) is 6.10 Å². The molecule has 6 nitrogen and oxygen atoms in total. The molecule has 0 rings (SSSR count). The van der Waals surface area contributed by atoms with E-state index < -0.39 is 6.10 Å². The largest absolute Gasteiger partial charge is 0.462 e. The van der Waals surface area contributed by atoms with Gasteiger partial charge in [0, 0.05) is 19.3 Å². The van der Waals surface area contributed by atoms with Crippen LogP contribution in [0.3, 0.4) is 0 Å². The molecule has 0 spiro atoms. The van der Waals surface area contributed by atoms with Crippen LogP contribution < -0.4 is 0 Å². The summed E-state index contributed by atoms with van der Waals surface area (Å²) in [6.07, 6.45) is 70.3. The molecule has 0 N–H and O–H groups in total. The Labute approximate surface area is 414 Å². The first-order valence-electron chi connectivity index (χ1n) is 28.4. The number of carbonyl (C=O) groups is 3. The van der Waals surface area contributed by atoms with Gasteiger partial charge in [0.2, 0.25) is 0 Å². The van der Waals surface area contributed by atoms with E-state index in [9.17, 15) is 14.4 Å². The molecule has 386 valence electrons. The molecule has 1 atom stereocenters. The van der Waals surface area contributed by atoms with E-state index in [-0.39, 0.29) is 37.5 Å². The van der Waals surface area contributed by atoms with Crippen LogP contribution in [-0.2, 0) is 28.6 Å². The average molecular weight is 936 g/mol. The zero-order chi connectivity index (χ0) is 48.6. The zero-order valence-electron chi connectivity index (χ0n) is 44.2. The number of unbranched alkanes of at least 4 members (excludes halogenated alkanes) is 28. The lowest BCUT2D eigenvalue weighted by atomic mass is 10.0. The lowest BCUT2D eigenvalue weighted by Gasteiger charge is -2.18. The SMILES string of the molecule is CC/C=C\C/C=C\C/C=C\C/C=C\C/C=C\CCCCCC(=O)O[C@H](COC(=O)CCCCCCC/C=C\CCCCCCCC)COC(=O)CCCCCCCCCCCCCCCCC. The first-order valence-corrected chi connectivity index (χ1v) is 28.4. The van der Waals surface area contributed by atoms with E-state index in [0.29, 0.717) is 12.8 Å². The summed E-state index contributed by atoms with van der Waals surface area (Å²) in [5.74, 6) is -0.921. The van der Waals surface area contributed by atoms with Crippen molar-refractivity contribution in [1.82, 2.24) is 0 Å². The van der Waals surface area contributed by atoms with Gasteiger partial charge in [0.25, 0.3) is 0 Å². The highest BCUT2D eigenvalue weighted by Gasteiger charge is 2.19. The molecule has 67 heavy (non-hydrogen) atoms. The van der Waals surface area contributed by atoms with E-state index in [2.05, 4.69) is 93.7 Å². The summed E-state index contributed by atoms with van der Waals surface area (Å²) in [7, 11) is 0. The fraction of sp³-hybridized carbons (Fsp3) is 0.754. The molecule has 0 heterocycles. The fourth-order valence-electron chi connectivity index (χ4n) is 7.93. The first-order chi connectivity index (χ1) is 33.0. The summed E-state index contributed by atoms with van der Waals surface area (Å²) in [5.41, 5.74) is 0. The van der Waals surface area contributed by atoms with E-state index in [4.69, 9.17) is 14.2 Å². The van der Waals surface area contributed by atoms with Gasteiger partial charge in [-0.15, -0.1) is 0 Å². The molecule has 0 unspecified atom stereocenters. The Bertz CT molecular complexity index is 1260. The molecule has 6 heteroatoms. The molecule has 0 saturated heterocycles. The molecule has 0 aliphatic rings. The lowest BCUT2D eigenvalue weighted by Crippen LogP contribution is -2.30. The predicted octanol–water partition coefficient (Wildman–Crippen LogP) is 19.0. The predicted molar refractivity (Wildman–Crippen MR) is 288 cm³/mol.